The first-order valence-electron chi connectivity index (χ1n) is 8.52. The van der Waals surface area contributed by atoms with E-state index in [0.717, 1.165) is 43.0 Å². The number of methoxy groups -OCH3 is 1. The van der Waals surface area contributed by atoms with Gasteiger partial charge in [-0.05, 0) is 51.2 Å². The quantitative estimate of drug-likeness (QED) is 0.930. The summed E-state index contributed by atoms with van der Waals surface area (Å²) >= 11 is 0. The molecule has 1 aliphatic heterocycles. The van der Waals surface area contributed by atoms with E-state index in [-0.39, 0.29) is 5.41 Å². The van der Waals surface area contributed by atoms with E-state index in [9.17, 15) is 4.79 Å². The molecular formula is C18H27N3O2. The number of hydrogen-bond acceptors (Lipinski definition) is 4. The summed E-state index contributed by atoms with van der Waals surface area (Å²) in [5, 5.41) is 0. The van der Waals surface area contributed by atoms with Gasteiger partial charge in [0.15, 0.2) is 0 Å². The van der Waals surface area contributed by atoms with Gasteiger partial charge in [0.2, 0.25) is 0 Å². The molecule has 1 spiro atoms. The maximum Gasteiger partial charge on any atom is 0.252 e. The van der Waals surface area contributed by atoms with E-state index in [1.807, 2.05) is 27.0 Å². The monoisotopic (exact) mass is 317 g/mol. The van der Waals surface area contributed by atoms with Crippen LogP contribution in [0, 0.1) is 19.3 Å². The highest BCUT2D eigenvalue weighted by Gasteiger charge is 2.46. The summed E-state index contributed by atoms with van der Waals surface area (Å²) in [5.74, 6) is 0.353. The normalized spacial score (nSPS) is 27.6. The van der Waals surface area contributed by atoms with Crippen LogP contribution in [0.3, 0.4) is 0 Å². The Morgan fingerprint density at radius 3 is 2.83 bits per heavy atom. The molecule has 5 heteroatoms. The van der Waals surface area contributed by atoms with E-state index in [1.54, 1.807) is 0 Å². The fourth-order valence-corrected chi connectivity index (χ4v) is 4.40. The van der Waals surface area contributed by atoms with Gasteiger partial charge < -0.3 is 15.4 Å². The second kappa shape index (κ2) is 6.11. The second-order valence-electron chi connectivity index (χ2n) is 7.13. The zero-order chi connectivity index (χ0) is 16.6. The number of amides is 1. The van der Waals surface area contributed by atoms with Crippen molar-refractivity contribution in [2.75, 3.05) is 25.1 Å². The molecule has 0 unspecified atom stereocenters. The molecule has 2 aliphatic rings. The summed E-state index contributed by atoms with van der Waals surface area (Å²) < 4.78 is 5.77. The van der Waals surface area contributed by atoms with Crippen LogP contribution in [0.5, 0.6) is 0 Å². The summed E-state index contributed by atoms with van der Waals surface area (Å²) in [6.07, 6.45) is 6.15. The minimum Gasteiger partial charge on any atom is -0.381 e. The number of pyridine rings is 1. The summed E-state index contributed by atoms with van der Waals surface area (Å²) in [6, 6.07) is 1.88. The third kappa shape index (κ3) is 2.82. The molecular weight excluding hydrogens is 290 g/mol. The fourth-order valence-electron chi connectivity index (χ4n) is 4.40. The third-order valence-corrected chi connectivity index (χ3v) is 5.73. The molecule has 0 radical (unpaired) electrons. The molecule has 1 saturated carbocycles. The fraction of sp³-hybridized carbons (Fsp3) is 0.667. The van der Waals surface area contributed by atoms with E-state index < -0.39 is 5.91 Å². The van der Waals surface area contributed by atoms with Crippen LogP contribution in [0.25, 0.3) is 0 Å². The van der Waals surface area contributed by atoms with Crippen molar-refractivity contribution >= 4 is 11.7 Å². The van der Waals surface area contributed by atoms with Crippen molar-refractivity contribution in [1.29, 1.82) is 0 Å². The van der Waals surface area contributed by atoms with Gasteiger partial charge in [0.05, 0.1) is 11.7 Å². The molecule has 5 nitrogen and oxygen atoms in total. The summed E-state index contributed by atoms with van der Waals surface area (Å²) in [7, 11) is 1.82. The van der Waals surface area contributed by atoms with Gasteiger partial charge in [-0.2, -0.15) is 0 Å². The third-order valence-electron chi connectivity index (χ3n) is 5.73. The van der Waals surface area contributed by atoms with Crippen LogP contribution < -0.4 is 10.6 Å². The minimum atomic E-state index is -0.398. The van der Waals surface area contributed by atoms with Crippen molar-refractivity contribution in [2.45, 2.75) is 52.1 Å². The van der Waals surface area contributed by atoms with Crippen molar-refractivity contribution in [1.82, 2.24) is 4.98 Å². The zero-order valence-corrected chi connectivity index (χ0v) is 14.4. The number of nitrogens with zero attached hydrogens (tertiary/aromatic N) is 2. The lowest BCUT2D eigenvalue weighted by Crippen LogP contribution is -2.48. The van der Waals surface area contributed by atoms with Crippen LogP contribution in [0.15, 0.2) is 6.07 Å². The number of anilines is 1. The van der Waals surface area contributed by atoms with E-state index >= 15 is 0 Å². The number of aryl methyl sites for hydroxylation is 2. The Balaban J connectivity index is 1.96. The Morgan fingerprint density at radius 2 is 2.13 bits per heavy atom. The SMILES string of the molecule is CO[C@@H]1CCC[C@]12CCCN(c1nc(C)c(C)cc1C(N)=O)C2. The maximum absolute atomic E-state index is 11.9. The molecule has 2 fully saturated rings. The molecule has 1 aliphatic carbocycles. The van der Waals surface area contributed by atoms with Gasteiger partial charge in [0.1, 0.15) is 5.82 Å². The van der Waals surface area contributed by atoms with Gasteiger partial charge in [0, 0.05) is 31.3 Å². The lowest BCUT2D eigenvalue weighted by Gasteiger charge is -2.44. The van der Waals surface area contributed by atoms with E-state index in [0.29, 0.717) is 11.7 Å². The van der Waals surface area contributed by atoms with Crippen LogP contribution in [0.2, 0.25) is 0 Å². The predicted molar refractivity (Wildman–Crippen MR) is 90.8 cm³/mol. The number of primary amides is 1. The molecule has 0 bridgehead atoms. The number of ether oxygens (including phenoxy) is 1. The van der Waals surface area contributed by atoms with Gasteiger partial charge in [-0.15, -0.1) is 0 Å². The summed E-state index contributed by atoms with van der Waals surface area (Å²) in [6.45, 7) is 5.78. The Bertz CT molecular complexity index is 617. The second-order valence-corrected chi connectivity index (χ2v) is 7.13. The number of carbonyl (C=O) groups is 1. The molecule has 2 atom stereocenters. The Morgan fingerprint density at radius 1 is 1.39 bits per heavy atom. The van der Waals surface area contributed by atoms with Crippen molar-refractivity contribution in [2.24, 2.45) is 11.1 Å². The van der Waals surface area contributed by atoms with E-state index in [4.69, 9.17) is 15.5 Å². The molecule has 1 aromatic rings. The Kier molecular flexibility index (Phi) is 4.32. The van der Waals surface area contributed by atoms with Crippen LogP contribution in [-0.4, -0.2) is 37.2 Å². The van der Waals surface area contributed by atoms with Gasteiger partial charge in [-0.1, -0.05) is 6.42 Å². The van der Waals surface area contributed by atoms with Crippen molar-refractivity contribution < 1.29 is 9.53 Å². The number of piperidine rings is 1. The lowest BCUT2D eigenvalue weighted by molar-refractivity contribution is 0.00214. The average Bonchev–Trinajstić information content (AvgIpc) is 2.91. The predicted octanol–water partition coefficient (Wildman–Crippen LogP) is 2.58. The zero-order valence-electron chi connectivity index (χ0n) is 14.4. The first-order valence-corrected chi connectivity index (χ1v) is 8.52. The highest BCUT2D eigenvalue weighted by molar-refractivity contribution is 5.98. The first kappa shape index (κ1) is 16.2. The number of carbonyl (C=O) groups excluding carboxylic acids is 1. The molecule has 23 heavy (non-hydrogen) atoms. The highest BCUT2D eigenvalue weighted by Crippen LogP contribution is 2.47. The van der Waals surface area contributed by atoms with Gasteiger partial charge in [0.25, 0.3) is 5.91 Å². The van der Waals surface area contributed by atoms with Crippen molar-refractivity contribution in [3.63, 3.8) is 0 Å². The smallest absolute Gasteiger partial charge is 0.252 e. The van der Waals surface area contributed by atoms with Gasteiger partial charge in [-0.25, -0.2) is 4.98 Å². The Labute approximate surface area is 138 Å². The molecule has 1 aromatic heterocycles. The lowest BCUT2D eigenvalue weighted by atomic mass is 9.76. The molecule has 1 saturated heterocycles. The van der Waals surface area contributed by atoms with Crippen LogP contribution >= 0.6 is 0 Å². The molecule has 2 heterocycles. The molecule has 2 N–H and O–H groups in total. The average molecular weight is 317 g/mol. The van der Waals surface area contributed by atoms with Gasteiger partial charge in [-0.3, -0.25) is 4.79 Å². The van der Waals surface area contributed by atoms with E-state index in [1.165, 1.54) is 19.3 Å². The minimum absolute atomic E-state index is 0.197. The van der Waals surface area contributed by atoms with Crippen molar-refractivity contribution in [3.05, 3.63) is 22.9 Å². The summed E-state index contributed by atoms with van der Waals surface area (Å²) in [4.78, 5) is 18.9. The molecule has 0 aromatic carbocycles. The highest BCUT2D eigenvalue weighted by atomic mass is 16.5. The van der Waals surface area contributed by atoms with Crippen LogP contribution in [0.1, 0.15) is 53.7 Å². The first-order chi connectivity index (χ1) is 11.0. The topological polar surface area (TPSA) is 68.4 Å². The van der Waals surface area contributed by atoms with Crippen LogP contribution in [-0.2, 0) is 4.74 Å². The standard InChI is InChI=1S/C18H27N3O2/c1-12-10-14(16(19)22)17(20-13(12)2)21-9-5-8-18(11-21)7-4-6-15(18)23-3/h10,15H,4-9,11H2,1-3H3,(H2,19,22)/t15-,18-/m1/s1. The molecule has 126 valence electrons. The van der Waals surface area contributed by atoms with E-state index in [2.05, 4.69) is 4.90 Å². The number of rotatable bonds is 3. The largest absolute Gasteiger partial charge is 0.381 e. The van der Waals surface area contributed by atoms with Gasteiger partial charge >= 0.3 is 0 Å². The molecule has 1 amide bonds. The van der Waals surface area contributed by atoms with Crippen LogP contribution in [0.4, 0.5) is 5.82 Å². The number of hydrogen-bond donors (Lipinski definition) is 1. The summed E-state index contributed by atoms with van der Waals surface area (Å²) in [5.41, 5.74) is 8.31. The molecule has 3 rings (SSSR count). The number of nitrogens with two attached hydrogens (primary N) is 1. The maximum atomic E-state index is 11.9. The number of aromatic nitrogens is 1. The van der Waals surface area contributed by atoms with Crippen molar-refractivity contribution in [3.8, 4) is 0 Å². The Hall–Kier alpha value is -1.62.